The number of nitrogens with two attached hydrogens (primary N) is 1. The summed E-state index contributed by atoms with van der Waals surface area (Å²) >= 11 is 0. The summed E-state index contributed by atoms with van der Waals surface area (Å²) < 4.78 is 5.45. The first-order valence-electron chi connectivity index (χ1n) is 6.39. The average molecular weight is 248 g/mol. The summed E-state index contributed by atoms with van der Waals surface area (Å²) in [7, 11) is 0. The number of benzene rings is 1. The van der Waals surface area contributed by atoms with Gasteiger partial charge < -0.3 is 15.8 Å². The van der Waals surface area contributed by atoms with Crippen molar-refractivity contribution in [3.63, 3.8) is 0 Å². The molecule has 1 saturated carbocycles. The number of rotatable bonds is 6. The number of amides is 1. The Labute approximate surface area is 108 Å². The van der Waals surface area contributed by atoms with Gasteiger partial charge in [-0.1, -0.05) is 0 Å². The van der Waals surface area contributed by atoms with E-state index in [9.17, 15) is 4.79 Å². The molecule has 4 heteroatoms. The van der Waals surface area contributed by atoms with Crippen molar-refractivity contribution in [3.8, 4) is 0 Å². The number of hydrogen-bond donors (Lipinski definition) is 2. The number of carbonyl (C=O) groups excluding carboxylic acids is 1. The van der Waals surface area contributed by atoms with Gasteiger partial charge in [0.05, 0.1) is 6.61 Å². The first-order chi connectivity index (χ1) is 8.66. The average Bonchev–Trinajstić information content (AvgIpc) is 3.16. The van der Waals surface area contributed by atoms with Crippen molar-refractivity contribution in [2.45, 2.75) is 19.8 Å². The Morgan fingerprint density at radius 1 is 1.50 bits per heavy atom. The Kier molecular flexibility index (Phi) is 4.20. The maximum Gasteiger partial charge on any atom is 0.251 e. The Morgan fingerprint density at radius 3 is 2.94 bits per heavy atom. The summed E-state index contributed by atoms with van der Waals surface area (Å²) in [5, 5.41) is 2.84. The minimum Gasteiger partial charge on any atom is -0.399 e. The highest BCUT2D eigenvalue weighted by molar-refractivity contribution is 5.94. The Morgan fingerprint density at radius 2 is 2.28 bits per heavy atom. The molecule has 1 aromatic carbocycles. The van der Waals surface area contributed by atoms with Crippen molar-refractivity contribution in [3.05, 3.63) is 29.3 Å². The first kappa shape index (κ1) is 12.9. The van der Waals surface area contributed by atoms with Crippen LogP contribution in [0.3, 0.4) is 0 Å². The second-order valence-electron chi connectivity index (χ2n) is 4.85. The lowest BCUT2D eigenvalue weighted by molar-refractivity contribution is 0.0906. The van der Waals surface area contributed by atoms with Crippen molar-refractivity contribution in [2.75, 3.05) is 25.5 Å². The van der Waals surface area contributed by atoms with Gasteiger partial charge in [0.2, 0.25) is 0 Å². The zero-order chi connectivity index (χ0) is 13.0. The molecule has 0 spiro atoms. The van der Waals surface area contributed by atoms with Crippen LogP contribution in [-0.2, 0) is 4.74 Å². The maximum atomic E-state index is 11.8. The van der Waals surface area contributed by atoms with Crippen molar-refractivity contribution < 1.29 is 9.53 Å². The molecule has 0 aromatic heterocycles. The molecule has 18 heavy (non-hydrogen) atoms. The summed E-state index contributed by atoms with van der Waals surface area (Å²) in [5.74, 6) is 0.688. The van der Waals surface area contributed by atoms with Gasteiger partial charge in [-0.3, -0.25) is 4.79 Å². The third-order valence-corrected chi connectivity index (χ3v) is 3.11. The van der Waals surface area contributed by atoms with Gasteiger partial charge in [-0.2, -0.15) is 0 Å². The van der Waals surface area contributed by atoms with E-state index >= 15 is 0 Å². The van der Waals surface area contributed by atoms with Crippen molar-refractivity contribution >= 4 is 11.6 Å². The zero-order valence-electron chi connectivity index (χ0n) is 10.7. The number of anilines is 1. The fourth-order valence-corrected chi connectivity index (χ4v) is 1.69. The van der Waals surface area contributed by atoms with E-state index in [-0.39, 0.29) is 5.91 Å². The van der Waals surface area contributed by atoms with Gasteiger partial charge in [0.1, 0.15) is 0 Å². The standard InChI is InChI=1S/C14H20N2O2/c1-10-8-12(4-5-13(10)15)14(17)16-6-7-18-9-11-2-3-11/h4-5,8,11H,2-3,6-7,9,15H2,1H3,(H,16,17). The summed E-state index contributed by atoms with van der Waals surface area (Å²) in [4.78, 5) is 11.8. The lowest BCUT2D eigenvalue weighted by Gasteiger charge is -2.07. The van der Waals surface area contributed by atoms with E-state index in [2.05, 4.69) is 5.32 Å². The smallest absolute Gasteiger partial charge is 0.251 e. The molecule has 0 bridgehead atoms. The van der Waals surface area contributed by atoms with E-state index in [4.69, 9.17) is 10.5 Å². The van der Waals surface area contributed by atoms with Gasteiger partial charge in [0.25, 0.3) is 5.91 Å². The third-order valence-electron chi connectivity index (χ3n) is 3.11. The minimum absolute atomic E-state index is 0.0758. The molecular weight excluding hydrogens is 228 g/mol. The van der Waals surface area contributed by atoms with E-state index in [1.54, 1.807) is 18.2 Å². The second kappa shape index (κ2) is 5.87. The molecule has 1 fully saturated rings. The maximum absolute atomic E-state index is 11.8. The molecule has 0 atom stereocenters. The van der Waals surface area contributed by atoms with Crippen LogP contribution in [0.15, 0.2) is 18.2 Å². The lowest BCUT2D eigenvalue weighted by atomic mass is 10.1. The van der Waals surface area contributed by atoms with Crippen LogP contribution < -0.4 is 11.1 Å². The quantitative estimate of drug-likeness (QED) is 0.595. The Balaban J connectivity index is 1.70. The zero-order valence-corrected chi connectivity index (χ0v) is 10.7. The SMILES string of the molecule is Cc1cc(C(=O)NCCOCC2CC2)ccc1N. The summed E-state index contributed by atoms with van der Waals surface area (Å²) in [6.07, 6.45) is 2.58. The molecule has 0 aliphatic heterocycles. The third kappa shape index (κ3) is 3.74. The fraction of sp³-hybridized carbons (Fsp3) is 0.500. The van der Waals surface area contributed by atoms with Gasteiger partial charge >= 0.3 is 0 Å². The highest BCUT2D eigenvalue weighted by Gasteiger charge is 2.20. The van der Waals surface area contributed by atoms with Crippen LogP contribution in [0.4, 0.5) is 5.69 Å². The molecule has 1 aromatic rings. The largest absolute Gasteiger partial charge is 0.399 e. The molecule has 0 unspecified atom stereocenters. The molecule has 1 aliphatic carbocycles. The molecule has 2 rings (SSSR count). The Bertz CT molecular complexity index is 428. The van der Waals surface area contributed by atoms with E-state index in [1.165, 1.54) is 12.8 Å². The molecule has 1 aliphatic rings. The molecule has 4 nitrogen and oxygen atoms in total. The molecule has 0 radical (unpaired) electrons. The lowest BCUT2D eigenvalue weighted by Crippen LogP contribution is -2.27. The minimum atomic E-state index is -0.0758. The summed E-state index contributed by atoms with van der Waals surface area (Å²) in [6.45, 7) is 3.85. The van der Waals surface area contributed by atoms with E-state index < -0.39 is 0 Å². The number of ether oxygens (including phenoxy) is 1. The van der Waals surface area contributed by atoms with Crippen LogP contribution in [0.1, 0.15) is 28.8 Å². The second-order valence-corrected chi connectivity index (χ2v) is 4.85. The number of hydrogen-bond acceptors (Lipinski definition) is 3. The van der Waals surface area contributed by atoms with Crippen LogP contribution in [-0.4, -0.2) is 25.7 Å². The molecule has 98 valence electrons. The van der Waals surface area contributed by atoms with Gasteiger partial charge in [-0.25, -0.2) is 0 Å². The number of aryl methyl sites for hydroxylation is 1. The summed E-state index contributed by atoms with van der Waals surface area (Å²) in [5.41, 5.74) is 7.98. The predicted octanol–water partition coefficient (Wildman–Crippen LogP) is 1.73. The number of carbonyl (C=O) groups is 1. The van der Waals surface area contributed by atoms with Crippen LogP contribution in [0.2, 0.25) is 0 Å². The molecule has 0 saturated heterocycles. The van der Waals surface area contributed by atoms with Gasteiger partial charge in [0.15, 0.2) is 0 Å². The van der Waals surface area contributed by atoms with Gasteiger partial charge in [-0.05, 0) is 49.4 Å². The first-order valence-corrected chi connectivity index (χ1v) is 6.39. The number of nitrogen functional groups attached to an aromatic ring is 1. The normalized spacial score (nSPS) is 14.5. The molecule has 1 amide bonds. The number of nitrogens with one attached hydrogen (secondary N) is 1. The van der Waals surface area contributed by atoms with Crippen molar-refractivity contribution in [1.29, 1.82) is 0 Å². The van der Waals surface area contributed by atoms with Gasteiger partial charge in [-0.15, -0.1) is 0 Å². The van der Waals surface area contributed by atoms with Gasteiger partial charge in [0, 0.05) is 24.4 Å². The van der Waals surface area contributed by atoms with E-state index in [0.29, 0.717) is 24.4 Å². The van der Waals surface area contributed by atoms with Crippen molar-refractivity contribution in [1.82, 2.24) is 5.32 Å². The van der Waals surface area contributed by atoms with Crippen LogP contribution in [0.5, 0.6) is 0 Å². The molecular formula is C14H20N2O2. The van der Waals surface area contributed by atoms with Crippen LogP contribution >= 0.6 is 0 Å². The van der Waals surface area contributed by atoms with Crippen LogP contribution in [0, 0.1) is 12.8 Å². The van der Waals surface area contributed by atoms with Crippen molar-refractivity contribution in [2.24, 2.45) is 5.92 Å². The predicted molar refractivity (Wildman–Crippen MR) is 71.5 cm³/mol. The van der Waals surface area contributed by atoms with E-state index in [1.807, 2.05) is 6.92 Å². The fourth-order valence-electron chi connectivity index (χ4n) is 1.69. The topological polar surface area (TPSA) is 64.3 Å². The van der Waals surface area contributed by atoms with Crippen LogP contribution in [0.25, 0.3) is 0 Å². The Hall–Kier alpha value is -1.55. The van der Waals surface area contributed by atoms with E-state index in [0.717, 1.165) is 18.1 Å². The molecule has 0 heterocycles. The monoisotopic (exact) mass is 248 g/mol. The highest BCUT2D eigenvalue weighted by Crippen LogP contribution is 2.28. The molecule has 3 N–H and O–H groups in total. The summed E-state index contributed by atoms with van der Waals surface area (Å²) in [6, 6.07) is 5.30. The highest BCUT2D eigenvalue weighted by atomic mass is 16.5.